The lowest BCUT2D eigenvalue weighted by atomic mass is 9.64. The van der Waals surface area contributed by atoms with E-state index in [4.69, 9.17) is 0 Å². The number of carbonyl (C=O) groups is 1. The van der Waals surface area contributed by atoms with Crippen LogP contribution in [0, 0.1) is 23.2 Å². The van der Waals surface area contributed by atoms with Gasteiger partial charge in [0.05, 0.1) is 11.1 Å². The van der Waals surface area contributed by atoms with E-state index in [1.807, 2.05) is 19.1 Å². The van der Waals surface area contributed by atoms with Gasteiger partial charge in [0.2, 0.25) is 5.91 Å². The molecule has 0 saturated heterocycles. The molecule has 118 valence electrons. The van der Waals surface area contributed by atoms with Gasteiger partial charge in [-0.1, -0.05) is 32.0 Å². The summed E-state index contributed by atoms with van der Waals surface area (Å²) in [6.07, 6.45) is 2.20. The molecule has 1 heterocycles. The Morgan fingerprint density at radius 1 is 1.32 bits per heavy atom. The zero-order chi connectivity index (χ0) is 16.2. The first-order chi connectivity index (χ1) is 10.3. The highest BCUT2D eigenvalue weighted by atomic mass is 16.4. The van der Waals surface area contributed by atoms with E-state index < -0.39 is 5.41 Å². The van der Waals surface area contributed by atoms with E-state index in [0.717, 1.165) is 24.2 Å². The summed E-state index contributed by atoms with van der Waals surface area (Å²) >= 11 is 0. The number of pyridine rings is 1. The molecule has 2 fully saturated rings. The Kier molecular flexibility index (Phi) is 3.10. The van der Waals surface area contributed by atoms with Gasteiger partial charge in [0.25, 0.3) is 0 Å². The molecule has 0 spiro atoms. The molecule has 3 rings (SSSR count). The van der Waals surface area contributed by atoms with Crippen LogP contribution in [0.2, 0.25) is 0 Å². The third kappa shape index (κ3) is 1.68. The first-order valence-corrected chi connectivity index (χ1v) is 7.73. The molecule has 0 radical (unpaired) electrons. The third-order valence-electron chi connectivity index (χ3n) is 6.42. The van der Waals surface area contributed by atoms with Crippen molar-refractivity contribution >= 4 is 17.4 Å². The molecule has 1 aromatic rings. The minimum atomic E-state index is -0.533. The van der Waals surface area contributed by atoms with Gasteiger partial charge in [-0.15, -0.1) is 0 Å². The largest absolute Gasteiger partial charge is 0.411 e. The lowest BCUT2D eigenvalue weighted by Crippen LogP contribution is -2.43. The van der Waals surface area contributed by atoms with Gasteiger partial charge in [0, 0.05) is 17.5 Å². The molecule has 0 aliphatic heterocycles. The van der Waals surface area contributed by atoms with Crippen LogP contribution in [0.1, 0.15) is 45.7 Å². The Morgan fingerprint density at radius 3 is 2.64 bits per heavy atom. The first-order valence-electron chi connectivity index (χ1n) is 7.73. The second-order valence-electron chi connectivity index (χ2n) is 7.38. The molecule has 2 unspecified atom stereocenters. The number of aromatic nitrogens is 1. The molecule has 2 aliphatic rings. The summed E-state index contributed by atoms with van der Waals surface area (Å²) in [5.74, 6) is 0.566. The maximum absolute atomic E-state index is 13.0. The number of hydrogen-bond donors (Lipinski definition) is 2. The van der Waals surface area contributed by atoms with Crippen LogP contribution in [0.3, 0.4) is 0 Å². The molecular weight excluding hydrogens is 278 g/mol. The molecule has 5 nitrogen and oxygen atoms in total. The Bertz CT molecular complexity index is 668. The van der Waals surface area contributed by atoms with Crippen molar-refractivity contribution in [1.29, 1.82) is 0 Å². The minimum Gasteiger partial charge on any atom is -0.411 e. The quantitative estimate of drug-likeness (QED) is 0.649. The highest BCUT2D eigenvalue weighted by Crippen LogP contribution is 2.71. The van der Waals surface area contributed by atoms with Crippen molar-refractivity contribution in [2.45, 2.75) is 47.0 Å². The normalized spacial score (nSPS) is 34.1. The summed E-state index contributed by atoms with van der Waals surface area (Å²) in [6, 6.07) is 5.59. The van der Waals surface area contributed by atoms with E-state index in [2.05, 4.69) is 36.2 Å². The smallest absolute Gasteiger partial charge is 0.232 e. The fraction of sp³-hybridized carbons (Fsp3) is 0.588. The zero-order valence-electron chi connectivity index (χ0n) is 13.6. The Labute approximate surface area is 130 Å². The molecule has 2 aliphatic carbocycles. The molecule has 2 saturated carbocycles. The summed E-state index contributed by atoms with van der Waals surface area (Å²) in [4.78, 5) is 17.4. The molecule has 2 bridgehead atoms. The molecule has 5 heteroatoms. The average Bonchev–Trinajstić information content (AvgIpc) is 2.77. The van der Waals surface area contributed by atoms with E-state index in [-0.39, 0.29) is 16.7 Å². The Hall–Kier alpha value is -1.91. The fourth-order valence-electron chi connectivity index (χ4n) is 4.38. The highest BCUT2D eigenvalue weighted by Gasteiger charge is 2.71. The van der Waals surface area contributed by atoms with Crippen LogP contribution >= 0.6 is 0 Å². The van der Waals surface area contributed by atoms with Crippen molar-refractivity contribution in [3.8, 4) is 0 Å². The van der Waals surface area contributed by atoms with Crippen LogP contribution in [0.15, 0.2) is 23.4 Å². The first kappa shape index (κ1) is 15.0. The number of anilines is 1. The molecule has 2 N–H and O–H groups in total. The predicted octanol–water partition coefficient (Wildman–Crippen LogP) is 3.38. The lowest BCUT2D eigenvalue weighted by molar-refractivity contribution is -0.130. The molecule has 0 aromatic carbocycles. The van der Waals surface area contributed by atoms with E-state index in [1.165, 1.54) is 0 Å². The molecular formula is C17H23N3O2. The monoisotopic (exact) mass is 301 g/mol. The van der Waals surface area contributed by atoms with Gasteiger partial charge in [0.15, 0.2) is 0 Å². The second kappa shape index (κ2) is 4.54. The van der Waals surface area contributed by atoms with Crippen molar-refractivity contribution in [1.82, 2.24) is 4.98 Å². The summed E-state index contributed by atoms with van der Waals surface area (Å²) in [7, 11) is 0. The van der Waals surface area contributed by atoms with E-state index in [0.29, 0.717) is 12.2 Å². The second-order valence-corrected chi connectivity index (χ2v) is 7.38. The number of fused-ring (bicyclic) bond motifs is 2. The number of amides is 1. The average molecular weight is 301 g/mol. The minimum absolute atomic E-state index is 0.0158. The number of nitrogens with one attached hydrogen (secondary N) is 1. The fourth-order valence-corrected chi connectivity index (χ4v) is 4.38. The van der Waals surface area contributed by atoms with Gasteiger partial charge in [-0.25, -0.2) is 4.98 Å². The van der Waals surface area contributed by atoms with Gasteiger partial charge >= 0.3 is 0 Å². The van der Waals surface area contributed by atoms with Gasteiger partial charge in [0.1, 0.15) is 5.82 Å². The molecule has 22 heavy (non-hydrogen) atoms. The SMILES string of the molecule is Cc1cccc(NC(=O)C23CCC(C)(C(=NO)C2)C3(C)C)n1. The van der Waals surface area contributed by atoms with Crippen LogP contribution in [0.25, 0.3) is 0 Å². The Balaban J connectivity index is 1.95. The van der Waals surface area contributed by atoms with Crippen molar-refractivity contribution < 1.29 is 10.0 Å². The van der Waals surface area contributed by atoms with Gasteiger partial charge < -0.3 is 10.5 Å². The van der Waals surface area contributed by atoms with Gasteiger partial charge in [-0.3, -0.25) is 4.79 Å². The highest BCUT2D eigenvalue weighted by molar-refractivity contribution is 6.06. The predicted molar refractivity (Wildman–Crippen MR) is 85.0 cm³/mol. The maximum Gasteiger partial charge on any atom is 0.232 e. The zero-order valence-corrected chi connectivity index (χ0v) is 13.6. The van der Waals surface area contributed by atoms with Crippen molar-refractivity contribution in [2.75, 3.05) is 5.32 Å². The lowest BCUT2D eigenvalue weighted by Gasteiger charge is -2.39. The summed E-state index contributed by atoms with van der Waals surface area (Å²) in [5.41, 5.74) is 0.606. The van der Waals surface area contributed by atoms with Crippen LogP contribution in [0.4, 0.5) is 5.82 Å². The number of carbonyl (C=O) groups excluding carboxylic acids is 1. The Morgan fingerprint density at radius 2 is 2.05 bits per heavy atom. The van der Waals surface area contributed by atoms with Crippen molar-refractivity contribution in [2.24, 2.45) is 21.4 Å². The number of hydrogen-bond acceptors (Lipinski definition) is 4. The standard InChI is InChI=1S/C17H23N3O2/c1-11-6-5-7-13(18-11)19-14(21)17-9-8-16(4,15(17,2)3)12(10-17)20-22/h5-7,22H,8-10H2,1-4H3,(H,18,19,21). The topological polar surface area (TPSA) is 74.6 Å². The van der Waals surface area contributed by atoms with E-state index >= 15 is 0 Å². The van der Waals surface area contributed by atoms with Gasteiger partial charge in [-0.05, 0) is 37.3 Å². The molecule has 1 aromatic heterocycles. The summed E-state index contributed by atoms with van der Waals surface area (Å²) in [6.45, 7) is 8.23. The molecule has 1 amide bonds. The summed E-state index contributed by atoms with van der Waals surface area (Å²) in [5, 5.41) is 15.8. The van der Waals surface area contributed by atoms with Crippen LogP contribution in [0.5, 0.6) is 0 Å². The van der Waals surface area contributed by atoms with Crippen LogP contribution in [-0.2, 0) is 4.79 Å². The van der Waals surface area contributed by atoms with Gasteiger partial charge in [-0.2, -0.15) is 0 Å². The number of oxime groups is 1. The molecule has 2 atom stereocenters. The number of aryl methyl sites for hydroxylation is 1. The van der Waals surface area contributed by atoms with Crippen LogP contribution in [-0.4, -0.2) is 21.8 Å². The maximum atomic E-state index is 13.0. The number of rotatable bonds is 2. The van der Waals surface area contributed by atoms with E-state index in [9.17, 15) is 10.0 Å². The van der Waals surface area contributed by atoms with Crippen molar-refractivity contribution in [3.05, 3.63) is 23.9 Å². The van der Waals surface area contributed by atoms with Crippen LogP contribution < -0.4 is 5.32 Å². The number of nitrogens with zero attached hydrogens (tertiary/aromatic N) is 2. The summed E-state index contributed by atoms with van der Waals surface area (Å²) < 4.78 is 0. The van der Waals surface area contributed by atoms with Crippen molar-refractivity contribution in [3.63, 3.8) is 0 Å². The van der Waals surface area contributed by atoms with E-state index in [1.54, 1.807) is 6.07 Å². The third-order valence-corrected chi connectivity index (χ3v) is 6.42.